The van der Waals surface area contributed by atoms with E-state index in [1.54, 1.807) is 19.2 Å². The van der Waals surface area contributed by atoms with Gasteiger partial charge in [-0.15, -0.1) is 12.4 Å². The van der Waals surface area contributed by atoms with Crippen LogP contribution in [0.3, 0.4) is 0 Å². The number of benzene rings is 1. The largest absolute Gasteiger partial charge is 0.493 e. The Bertz CT molecular complexity index is 539. The fourth-order valence-electron chi connectivity index (χ4n) is 3.09. The Labute approximate surface area is 143 Å². The number of methoxy groups -OCH3 is 3. The molecule has 0 unspecified atom stereocenters. The van der Waals surface area contributed by atoms with Gasteiger partial charge in [-0.3, -0.25) is 4.79 Å². The third-order valence-corrected chi connectivity index (χ3v) is 4.26. The molecule has 0 bridgehead atoms. The van der Waals surface area contributed by atoms with Gasteiger partial charge in [-0.1, -0.05) is 6.42 Å². The molecule has 23 heavy (non-hydrogen) atoms. The number of hydrogen-bond donors (Lipinski definition) is 2. The summed E-state index contributed by atoms with van der Waals surface area (Å²) >= 11 is 0. The van der Waals surface area contributed by atoms with E-state index in [-0.39, 0.29) is 30.2 Å². The lowest BCUT2D eigenvalue weighted by molar-refractivity contribution is -0.120. The van der Waals surface area contributed by atoms with Gasteiger partial charge in [0.1, 0.15) is 0 Å². The van der Waals surface area contributed by atoms with Crippen LogP contribution < -0.4 is 25.3 Å². The molecule has 0 aromatic heterocycles. The van der Waals surface area contributed by atoms with E-state index in [4.69, 9.17) is 19.9 Å². The van der Waals surface area contributed by atoms with Gasteiger partial charge in [0.25, 0.3) is 0 Å². The first kappa shape index (κ1) is 19.4. The Morgan fingerprint density at radius 3 is 2.43 bits per heavy atom. The summed E-state index contributed by atoms with van der Waals surface area (Å²) in [5, 5.41) is 2.94. The molecule has 1 aromatic rings. The number of nitrogens with one attached hydrogen (secondary N) is 1. The number of hydrogen-bond acceptors (Lipinski definition) is 5. The van der Waals surface area contributed by atoms with Gasteiger partial charge in [0, 0.05) is 5.92 Å². The van der Waals surface area contributed by atoms with Crippen molar-refractivity contribution in [2.75, 3.05) is 33.2 Å². The van der Waals surface area contributed by atoms with Crippen LogP contribution in [-0.2, 0) is 4.79 Å². The third kappa shape index (κ3) is 4.00. The highest BCUT2D eigenvalue weighted by Gasteiger charge is 2.32. The highest BCUT2D eigenvalue weighted by atomic mass is 35.5. The number of carbonyl (C=O) groups is 1. The van der Waals surface area contributed by atoms with Crippen molar-refractivity contribution in [3.8, 4) is 17.2 Å². The number of anilines is 1. The fraction of sp³-hybridized carbons (Fsp3) is 0.562. The molecule has 0 spiro atoms. The minimum atomic E-state index is -0.0391. The van der Waals surface area contributed by atoms with Gasteiger partial charge in [0.2, 0.25) is 11.7 Å². The zero-order valence-corrected chi connectivity index (χ0v) is 14.6. The van der Waals surface area contributed by atoms with Crippen molar-refractivity contribution in [1.82, 2.24) is 0 Å². The second-order valence-electron chi connectivity index (χ2n) is 5.40. The summed E-state index contributed by atoms with van der Waals surface area (Å²) < 4.78 is 15.9. The number of amides is 1. The second-order valence-corrected chi connectivity index (χ2v) is 5.40. The standard InChI is InChI=1S/C16H24N2O4.ClH/c1-20-13-8-7-12(14(21-2)15(13)22-3)18-16(19)11-6-4-5-10(11)9-17;/h7-8,10-11H,4-6,9,17H2,1-3H3,(H,18,19);1H/t10-,11-;/m1./s1. The summed E-state index contributed by atoms with van der Waals surface area (Å²) in [6.07, 6.45) is 2.93. The minimum absolute atomic E-state index is 0. The van der Waals surface area contributed by atoms with Crippen LogP contribution in [0.1, 0.15) is 19.3 Å². The molecule has 0 saturated heterocycles. The zero-order valence-electron chi connectivity index (χ0n) is 13.8. The first-order chi connectivity index (χ1) is 10.7. The predicted octanol–water partition coefficient (Wildman–Crippen LogP) is 2.45. The number of ether oxygens (including phenoxy) is 3. The second kappa shape index (κ2) is 8.84. The normalized spacial score (nSPS) is 19.7. The third-order valence-electron chi connectivity index (χ3n) is 4.26. The first-order valence-electron chi connectivity index (χ1n) is 7.46. The van der Waals surface area contributed by atoms with Crippen LogP contribution in [0.15, 0.2) is 12.1 Å². The maximum Gasteiger partial charge on any atom is 0.227 e. The molecule has 1 aliphatic carbocycles. The van der Waals surface area contributed by atoms with Gasteiger partial charge >= 0.3 is 0 Å². The lowest BCUT2D eigenvalue weighted by Gasteiger charge is -2.20. The van der Waals surface area contributed by atoms with Crippen molar-refractivity contribution < 1.29 is 19.0 Å². The summed E-state index contributed by atoms with van der Waals surface area (Å²) in [5.41, 5.74) is 6.33. The smallest absolute Gasteiger partial charge is 0.227 e. The van der Waals surface area contributed by atoms with Crippen molar-refractivity contribution in [2.24, 2.45) is 17.6 Å². The predicted molar refractivity (Wildman–Crippen MR) is 91.9 cm³/mol. The van der Waals surface area contributed by atoms with Gasteiger partial charge in [-0.05, 0) is 37.4 Å². The highest BCUT2D eigenvalue weighted by Crippen LogP contribution is 2.43. The Hall–Kier alpha value is -1.66. The Morgan fingerprint density at radius 1 is 1.17 bits per heavy atom. The zero-order chi connectivity index (χ0) is 16.1. The maximum atomic E-state index is 12.5. The molecule has 2 rings (SSSR count). The highest BCUT2D eigenvalue weighted by molar-refractivity contribution is 5.95. The van der Waals surface area contributed by atoms with Crippen LogP contribution >= 0.6 is 12.4 Å². The van der Waals surface area contributed by atoms with E-state index in [1.807, 2.05) is 0 Å². The SMILES string of the molecule is COc1ccc(NC(=O)[C@@H]2CCC[C@@H]2CN)c(OC)c1OC.Cl. The average Bonchev–Trinajstić information content (AvgIpc) is 3.02. The van der Waals surface area contributed by atoms with Crippen molar-refractivity contribution in [3.63, 3.8) is 0 Å². The molecule has 1 aliphatic rings. The fourth-order valence-corrected chi connectivity index (χ4v) is 3.09. The van der Waals surface area contributed by atoms with Crippen LogP contribution in [0, 0.1) is 11.8 Å². The first-order valence-corrected chi connectivity index (χ1v) is 7.46. The van der Waals surface area contributed by atoms with Crippen LogP contribution in [-0.4, -0.2) is 33.8 Å². The van der Waals surface area contributed by atoms with E-state index in [9.17, 15) is 4.79 Å². The molecule has 0 heterocycles. The Balaban J connectivity index is 0.00000264. The summed E-state index contributed by atoms with van der Waals surface area (Å²) in [5.74, 6) is 1.67. The molecule has 0 radical (unpaired) electrons. The van der Waals surface area contributed by atoms with Crippen molar-refractivity contribution in [3.05, 3.63) is 12.1 Å². The van der Waals surface area contributed by atoms with Crippen molar-refractivity contribution >= 4 is 24.0 Å². The van der Waals surface area contributed by atoms with Gasteiger partial charge < -0.3 is 25.3 Å². The summed E-state index contributed by atoms with van der Waals surface area (Å²) in [4.78, 5) is 12.5. The minimum Gasteiger partial charge on any atom is -0.493 e. The topological polar surface area (TPSA) is 82.8 Å². The maximum absolute atomic E-state index is 12.5. The monoisotopic (exact) mass is 344 g/mol. The summed E-state index contributed by atoms with van der Waals surface area (Å²) in [7, 11) is 4.62. The number of carbonyl (C=O) groups excluding carboxylic acids is 1. The van der Waals surface area contributed by atoms with Crippen LogP contribution in [0.25, 0.3) is 0 Å². The lowest BCUT2D eigenvalue weighted by atomic mass is 9.95. The molecular formula is C16H25ClN2O4. The average molecular weight is 345 g/mol. The molecule has 1 amide bonds. The van der Waals surface area contributed by atoms with E-state index >= 15 is 0 Å². The molecule has 1 fully saturated rings. The molecule has 1 aromatic carbocycles. The van der Waals surface area contributed by atoms with E-state index < -0.39 is 0 Å². The summed E-state index contributed by atoms with van der Waals surface area (Å²) in [6, 6.07) is 3.50. The van der Waals surface area contributed by atoms with E-state index in [1.165, 1.54) is 14.2 Å². The van der Waals surface area contributed by atoms with Crippen molar-refractivity contribution in [2.45, 2.75) is 19.3 Å². The van der Waals surface area contributed by atoms with Gasteiger partial charge in [-0.25, -0.2) is 0 Å². The van der Waals surface area contributed by atoms with Crippen LogP contribution in [0.5, 0.6) is 17.2 Å². The van der Waals surface area contributed by atoms with Crippen molar-refractivity contribution in [1.29, 1.82) is 0 Å². The van der Waals surface area contributed by atoms with Gasteiger partial charge in [-0.2, -0.15) is 0 Å². The Morgan fingerprint density at radius 2 is 1.87 bits per heavy atom. The molecule has 0 aliphatic heterocycles. The lowest BCUT2D eigenvalue weighted by Crippen LogP contribution is -2.29. The molecule has 6 nitrogen and oxygen atoms in total. The van der Waals surface area contributed by atoms with Crippen LogP contribution in [0.2, 0.25) is 0 Å². The van der Waals surface area contributed by atoms with E-state index in [0.29, 0.717) is 29.5 Å². The number of rotatable bonds is 6. The molecule has 1 saturated carbocycles. The van der Waals surface area contributed by atoms with Gasteiger partial charge in [0.05, 0.1) is 27.0 Å². The van der Waals surface area contributed by atoms with E-state index in [0.717, 1.165) is 19.3 Å². The molecule has 3 N–H and O–H groups in total. The number of halogens is 1. The quantitative estimate of drug-likeness (QED) is 0.828. The van der Waals surface area contributed by atoms with Crippen LogP contribution in [0.4, 0.5) is 5.69 Å². The molecule has 2 atom stereocenters. The summed E-state index contributed by atoms with van der Waals surface area (Å²) in [6.45, 7) is 0.543. The molecule has 130 valence electrons. The Kier molecular flexibility index (Phi) is 7.45. The molecule has 7 heteroatoms. The molecular weight excluding hydrogens is 320 g/mol. The van der Waals surface area contributed by atoms with E-state index in [2.05, 4.69) is 5.32 Å². The number of nitrogens with two attached hydrogens (primary N) is 1. The van der Waals surface area contributed by atoms with Gasteiger partial charge in [0.15, 0.2) is 11.5 Å².